The standard InChI is InChI=1S/C19H19NO3/c1-19(17(21)14-6-4-3-5-7-14)12-13-20(18(19)22)15-8-10-16(23-2)11-9-15/h3-11H,12-13H2,1-2H3/t19-/m0/s1. The molecule has 4 heteroatoms. The lowest BCUT2D eigenvalue weighted by Crippen LogP contribution is -2.38. The highest BCUT2D eigenvalue weighted by atomic mass is 16.5. The molecule has 1 aliphatic heterocycles. The van der Waals surface area contributed by atoms with Crippen molar-refractivity contribution >= 4 is 17.4 Å². The molecule has 1 atom stereocenters. The molecule has 1 saturated heterocycles. The average Bonchev–Trinajstić information content (AvgIpc) is 2.91. The normalized spacial score (nSPS) is 20.6. The van der Waals surface area contributed by atoms with Gasteiger partial charge < -0.3 is 9.64 Å². The van der Waals surface area contributed by atoms with Crippen LogP contribution in [0.15, 0.2) is 54.6 Å². The maximum atomic E-state index is 12.9. The summed E-state index contributed by atoms with van der Waals surface area (Å²) in [6, 6.07) is 16.3. The second-order valence-electron chi connectivity index (χ2n) is 5.93. The summed E-state index contributed by atoms with van der Waals surface area (Å²) in [5.74, 6) is 0.485. The van der Waals surface area contributed by atoms with E-state index in [0.717, 1.165) is 11.4 Å². The number of ether oxygens (including phenoxy) is 1. The van der Waals surface area contributed by atoms with Gasteiger partial charge in [0.05, 0.1) is 7.11 Å². The molecular formula is C19H19NO3. The van der Waals surface area contributed by atoms with E-state index in [0.29, 0.717) is 18.5 Å². The van der Waals surface area contributed by atoms with Crippen molar-refractivity contribution in [3.05, 3.63) is 60.2 Å². The highest BCUT2D eigenvalue weighted by Gasteiger charge is 2.49. The minimum atomic E-state index is -0.999. The molecule has 118 valence electrons. The maximum absolute atomic E-state index is 12.9. The van der Waals surface area contributed by atoms with E-state index in [1.54, 1.807) is 31.1 Å². The van der Waals surface area contributed by atoms with E-state index in [2.05, 4.69) is 0 Å². The summed E-state index contributed by atoms with van der Waals surface area (Å²) in [6.07, 6.45) is 0.519. The van der Waals surface area contributed by atoms with Crippen molar-refractivity contribution in [2.75, 3.05) is 18.6 Å². The third-order valence-electron chi connectivity index (χ3n) is 4.47. The van der Waals surface area contributed by atoms with Gasteiger partial charge in [0.15, 0.2) is 5.78 Å². The van der Waals surface area contributed by atoms with Gasteiger partial charge in [-0.1, -0.05) is 30.3 Å². The molecule has 0 aliphatic carbocycles. The number of carbonyl (C=O) groups excluding carboxylic acids is 2. The smallest absolute Gasteiger partial charge is 0.240 e. The van der Waals surface area contributed by atoms with Crippen LogP contribution in [0.25, 0.3) is 0 Å². The molecule has 23 heavy (non-hydrogen) atoms. The molecule has 1 aliphatic rings. The van der Waals surface area contributed by atoms with Crippen LogP contribution in [0.4, 0.5) is 5.69 Å². The van der Waals surface area contributed by atoms with Crippen molar-refractivity contribution in [2.24, 2.45) is 5.41 Å². The van der Waals surface area contributed by atoms with E-state index in [9.17, 15) is 9.59 Å². The van der Waals surface area contributed by atoms with Crippen LogP contribution >= 0.6 is 0 Å². The van der Waals surface area contributed by atoms with Crippen LogP contribution in [-0.2, 0) is 4.79 Å². The second-order valence-corrected chi connectivity index (χ2v) is 5.93. The molecule has 0 N–H and O–H groups in total. The number of carbonyl (C=O) groups is 2. The molecule has 1 heterocycles. The Balaban J connectivity index is 1.86. The van der Waals surface area contributed by atoms with Gasteiger partial charge in [0.1, 0.15) is 11.2 Å². The first-order chi connectivity index (χ1) is 11.1. The van der Waals surface area contributed by atoms with Crippen LogP contribution in [0.5, 0.6) is 5.75 Å². The number of rotatable bonds is 4. The van der Waals surface area contributed by atoms with E-state index in [1.807, 2.05) is 42.5 Å². The molecule has 1 amide bonds. The van der Waals surface area contributed by atoms with Crippen molar-refractivity contribution < 1.29 is 14.3 Å². The van der Waals surface area contributed by atoms with E-state index in [4.69, 9.17) is 4.74 Å². The summed E-state index contributed by atoms with van der Waals surface area (Å²) < 4.78 is 5.14. The molecule has 2 aromatic carbocycles. The van der Waals surface area contributed by atoms with Gasteiger partial charge in [-0.15, -0.1) is 0 Å². The van der Waals surface area contributed by atoms with Gasteiger partial charge >= 0.3 is 0 Å². The lowest BCUT2D eigenvalue weighted by atomic mass is 9.81. The molecule has 0 bridgehead atoms. The Labute approximate surface area is 135 Å². The zero-order valence-electron chi connectivity index (χ0n) is 13.3. The molecule has 2 aromatic rings. The zero-order chi connectivity index (χ0) is 16.4. The molecule has 3 rings (SSSR count). The highest BCUT2D eigenvalue weighted by molar-refractivity contribution is 6.19. The number of Topliss-reactive ketones (excluding diaryl/α,β-unsaturated/α-hetero) is 1. The van der Waals surface area contributed by atoms with Crippen LogP contribution in [0.3, 0.4) is 0 Å². The third kappa shape index (κ3) is 2.61. The lowest BCUT2D eigenvalue weighted by Gasteiger charge is -2.22. The second kappa shape index (κ2) is 5.88. The number of anilines is 1. The number of benzene rings is 2. The van der Waals surface area contributed by atoms with Gasteiger partial charge in [-0.25, -0.2) is 0 Å². The topological polar surface area (TPSA) is 46.6 Å². The highest BCUT2D eigenvalue weighted by Crippen LogP contribution is 2.37. The van der Waals surface area contributed by atoms with Crippen LogP contribution in [0.2, 0.25) is 0 Å². The zero-order valence-corrected chi connectivity index (χ0v) is 13.3. The van der Waals surface area contributed by atoms with Gasteiger partial charge in [-0.2, -0.15) is 0 Å². The molecule has 0 radical (unpaired) electrons. The van der Waals surface area contributed by atoms with Crippen molar-refractivity contribution in [2.45, 2.75) is 13.3 Å². The lowest BCUT2D eigenvalue weighted by molar-refractivity contribution is -0.122. The predicted octanol–water partition coefficient (Wildman–Crippen LogP) is 3.32. The summed E-state index contributed by atoms with van der Waals surface area (Å²) in [5.41, 5.74) is 0.377. The number of amides is 1. The average molecular weight is 309 g/mol. The van der Waals surface area contributed by atoms with Gasteiger partial charge in [-0.05, 0) is 37.6 Å². The number of hydrogen-bond acceptors (Lipinski definition) is 3. The monoisotopic (exact) mass is 309 g/mol. The fraction of sp³-hybridized carbons (Fsp3) is 0.263. The summed E-state index contributed by atoms with van der Waals surface area (Å²) in [6.45, 7) is 2.29. The van der Waals surface area contributed by atoms with Crippen LogP contribution < -0.4 is 9.64 Å². The van der Waals surface area contributed by atoms with Crippen LogP contribution in [-0.4, -0.2) is 25.3 Å². The van der Waals surface area contributed by atoms with Gasteiger partial charge in [-0.3, -0.25) is 9.59 Å². The fourth-order valence-corrected chi connectivity index (χ4v) is 2.97. The summed E-state index contributed by atoms with van der Waals surface area (Å²) in [4.78, 5) is 27.3. The van der Waals surface area contributed by atoms with Crippen molar-refractivity contribution in [3.63, 3.8) is 0 Å². The van der Waals surface area contributed by atoms with Gasteiger partial charge in [0.25, 0.3) is 0 Å². The van der Waals surface area contributed by atoms with E-state index in [1.165, 1.54) is 0 Å². The van der Waals surface area contributed by atoms with E-state index < -0.39 is 5.41 Å². The molecule has 0 spiro atoms. The van der Waals surface area contributed by atoms with E-state index >= 15 is 0 Å². The Morgan fingerprint density at radius 2 is 1.74 bits per heavy atom. The third-order valence-corrected chi connectivity index (χ3v) is 4.47. The fourth-order valence-electron chi connectivity index (χ4n) is 2.97. The first kappa shape index (κ1) is 15.3. The first-order valence-electron chi connectivity index (χ1n) is 7.62. The Kier molecular flexibility index (Phi) is 3.90. The number of nitrogens with zero attached hydrogens (tertiary/aromatic N) is 1. The van der Waals surface area contributed by atoms with Crippen molar-refractivity contribution in [1.29, 1.82) is 0 Å². The van der Waals surface area contributed by atoms with Crippen molar-refractivity contribution in [1.82, 2.24) is 0 Å². The molecule has 1 fully saturated rings. The number of hydrogen-bond donors (Lipinski definition) is 0. The van der Waals surface area contributed by atoms with Gasteiger partial charge in [0.2, 0.25) is 5.91 Å². The molecule has 0 aromatic heterocycles. The minimum absolute atomic E-state index is 0.112. The number of methoxy groups -OCH3 is 1. The largest absolute Gasteiger partial charge is 0.497 e. The number of ketones is 1. The quantitative estimate of drug-likeness (QED) is 0.643. The van der Waals surface area contributed by atoms with Crippen molar-refractivity contribution in [3.8, 4) is 5.75 Å². The summed E-state index contributed by atoms with van der Waals surface area (Å²) >= 11 is 0. The van der Waals surface area contributed by atoms with E-state index in [-0.39, 0.29) is 11.7 Å². The maximum Gasteiger partial charge on any atom is 0.240 e. The molecule has 0 unspecified atom stereocenters. The van der Waals surface area contributed by atoms with Crippen LogP contribution in [0, 0.1) is 5.41 Å². The molecular weight excluding hydrogens is 290 g/mol. The summed E-state index contributed by atoms with van der Waals surface area (Å²) in [7, 11) is 1.60. The first-order valence-corrected chi connectivity index (χ1v) is 7.62. The predicted molar refractivity (Wildman–Crippen MR) is 88.8 cm³/mol. The molecule has 0 saturated carbocycles. The Morgan fingerprint density at radius 3 is 2.35 bits per heavy atom. The van der Waals surface area contributed by atoms with Gasteiger partial charge in [0, 0.05) is 17.8 Å². The SMILES string of the molecule is COc1ccc(N2CC[C@@](C)(C(=O)c3ccccc3)C2=O)cc1. The van der Waals surface area contributed by atoms with Crippen LogP contribution in [0.1, 0.15) is 23.7 Å². The Morgan fingerprint density at radius 1 is 1.09 bits per heavy atom. The Hall–Kier alpha value is -2.62. The Bertz CT molecular complexity index is 724. The molecule has 4 nitrogen and oxygen atoms in total. The summed E-state index contributed by atoms with van der Waals surface area (Å²) in [5, 5.41) is 0. The minimum Gasteiger partial charge on any atom is -0.497 e.